The van der Waals surface area contributed by atoms with E-state index in [4.69, 9.17) is 0 Å². The second-order valence-electron chi connectivity index (χ2n) is 5.54. The number of sulfonamides is 1. The lowest BCUT2D eigenvalue weighted by Gasteiger charge is -2.41. The molecule has 0 saturated carbocycles. The lowest BCUT2D eigenvalue weighted by molar-refractivity contribution is 0.188. The minimum absolute atomic E-state index is 0.0726. The summed E-state index contributed by atoms with van der Waals surface area (Å²) in [6.45, 7) is 2.49. The van der Waals surface area contributed by atoms with Crippen LogP contribution in [0.1, 0.15) is 18.4 Å². The van der Waals surface area contributed by atoms with Gasteiger partial charge in [0.25, 0.3) is 0 Å². The summed E-state index contributed by atoms with van der Waals surface area (Å²) in [5, 5.41) is 0. The summed E-state index contributed by atoms with van der Waals surface area (Å²) >= 11 is 0. The molecule has 0 spiro atoms. The molecule has 1 heterocycles. The van der Waals surface area contributed by atoms with Gasteiger partial charge in [0.2, 0.25) is 10.0 Å². The Morgan fingerprint density at radius 1 is 1.21 bits per heavy atom. The van der Waals surface area contributed by atoms with Crippen LogP contribution in [0.5, 0.6) is 0 Å². The first-order chi connectivity index (χ1) is 8.91. The number of benzene rings is 1. The fraction of sp³-hybridized carbons (Fsp3) is 0.571. The van der Waals surface area contributed by atoms with Crippen LogP contribution >= 0.6 is 0 Å². The van der Waals surface area contributed by atoms with Crippen molar-refractivity contribution in [3.8, 4) is 0 Å². The molecule has 0 aromatic heterocycles. The third-order valence-corrected chi connectivity index (χ3v) is 4.67. The monoisotopic (exact) mass is 282 g/mol. The highest BCUT2D eigenvalue weighted by Gasteiger charge is 2.35. The van der Waals surface area contributed by atoms with Crippen molar-refractivity contribution in [3.63, 3.8) is 0 Å². The second-order valence-corrected chi connectivity index (χ2v) is 7.38. The summed E-state index contributed by atoms with van der Waals surface area (Å²) in [6.07, 6.45) is 3.19. The summed E-state index contributed by atoms with van der Waals surface area (Å²) in [4.78, 5) is 2.29. The van der Waals surface area contributed by atoms with Crippen LogP contribution in [-0.4, -0.2) is 46.3 Å². The number of rotatable bonds is 4. The highest BCUT2D eigenvalue weighted by Crippen LogP contribution is 2.34. The van der Waals surface area contributed by atoms with Gasteiger partial charge in [0.1, 0.15) is 0 Å². The Hall–Kier alpha value is -0.910. The van der Waals surface area contributed by atoms with E-state index in [1.165, 1.54) is 11.8 Å². The van der Waals surface area contributed by atoms with E-state index in [0.29, 0.717) is 6.54 Å². The first-order valence-corrected chi connectivity index (χ1v) is 8.49. The molecule has 2 rings (SSSR count). The molecule has 0 unspecified atom stereocenters. The average molecular weight is 282 g/mol. The third-order valence-electron chi connectivity index (χ3n) is 4.00. The number of hydrogen-bond acceptors (Lipinski definition) is 3. The molecule has 1 aliphatic rings. The number of nitrogens with one attached hydrogen (secondary N) is 1. The van der Waals surface area contributed by atoms with Gasteiger partial charge in [0.05, 0.1) is 6.26 Å². The molecule has 1 aliphatic heterocycles. The third kappa shape index (κ3) is 3.78. The Balaban J connectivity index is 2.23. The zero-order valence-electron chi connectivity index (χ0n) is 11.6. The molecular weight excluding hydrogens is 260 g/mol. The standard InChI is InChI=1S/C14H22N2O2S/c1-16-10-8-14(9-11-16,12-15-19(2,17)18)13-6-4-3-5-7-13/h3-7,15H,8-12H2,1-2H3. The topological polar surface area (TPSA) is 49.4 Å². The minimum atomic E-state index is -3.15. The van der Waals surface area contributed by atoms with Crippen LogP contribution in [0.4, 0.5) is 0 Å². The first-order valence-electron chi connectivity index (χ1n) is 6.60. The molecule has 0 amide bonds. The summed E-state index contributed by atoms with van der Waals surface area (Å²) in [5.74, 6) is 0. The zero-order valence-corrected chi connectivity index (χ0v) is 12.4. The molecule has 0 radical (unpaired) electrons. The highest BCUT2D eigenvalue weighted by molar-refractivity contribution is 7.88. The van der Waals surface area contributed by atoms with Crippen molar-refractivity contribution in [2.45, 2.75) is 18.3 Å². The number of nitrogens with zero attached hydrogens (tertiary/aromatic N) is 1. The lowest BCUT2D eigenvalue weighted by atomic mass is 9.73. The van der Waals surface area contributed by atoms with Crippen molar-refractivity contribution in [1.29, 1.82) is 0 Å². The van der Waals surface area contributed by atoms with Crippen LogP contribution in [0.15, 0.2) is 30.3 Å². The van der Waals surface area contributed by atoms with Gasteiger partial charge >= 0.3 is 0 Å². The van der Waals surface area contributed by atoms with E-state index >= 15 is 0 Å². The average Bonchev–Trinajstić information content (AvgIpc) is 2.39. The normalized spacial score (nSPS) is 20.3. The van der Waals surface area contributed by atoms with Gasteiger partial charge in [-0.3, -0.25) is 0 Å². The number of likely N-dealkylation sites (tertiary alicyclic amines) is 1. The maximum atomic E-state index is 11.4. The van der Waals surface area contributed by atoms with Gasteiger partial charge in [-0.1, -0.05) is 30.3 Å². The van der Waals surface area contributed by atoms with Crippen molar-refractivity contribution in [3.05, 3.63) is 35.9 Å². The molecule has 1 aromatic rings. The molecule has 106 valence electrons. The fourth-order valence-electron chi connectivity index (χ4n) is 2.68. The van der Waals surface area contributed by atoms with Crippen molar-refractivity contribution in [2.24, 2.45) is 0 Å². The van der Waals surface area contributed by atoms with E-state index in [0.717, 1.165) is 25.9 Å². The van der Waals surface area contributed by atoms with Gasteiger partial charge in [0, 0.05) is 12.0 Å². The van der Waals surface area contributed by atoms with Gasteiger partial charge in [-0.25, -0.2) is 13.1 Å². The predicted molar refractivity (Wildman–Crippen MR) is 77.7 cm³/mol. The molecule has 19 heavy (non-hydrogen) atoms. The van der Waals surface area contributed by atoms with E-state index in [9.17, 15) is 8.42 Å². The summed E-state index contributed by atoms with van der Waals surface area (Å²) < 4.78 is 25.5. The minimum Gasteiger partial charge on any atom is -0.306 e. The van der Waals surface area contributed by atoms with Crippen LogP contribution in [0, 0.1) is 0 Å². The molecule has 1 saturated heterocycles. The Kier molecular flexibility index (Phi) is 4.28. The van der Waals surface area contributed by atoms with Gasteiger partial charge in [0.15, 0.2) is 0 Å². The van der Waals surface area contributed by atoms with E-state index < -0.39 is 10.0 Å². The maximum absolute atomic E-state index is 11.4. The van der Waals surface area contributed by atoms with Crippen LogP contribution in [0.25, 0.3) is 0 Å². The molecule has 1 fully saturated rings. The Morgan fingerprint density at radius 2 is 1.79 bits per heavy atom. The smallest absolute Gasteiger partial charge is 0.208 e. The van der Waals surface area contributed by atoms with Crippen molar-refractivity contribution in [1.82, 2.24) is 9.62 Å². The van der Waals surface area contributed by atoms with E-state index in [1.54, 1.807) is 0 Å². The second kappa shape index (κ2) is 5.61. The molecule has 0 atom stereocenters. The lowest BCUT2D eigenvalue weighted by Crippen LogP contribution is -2.47. The Morgan fingerprint density at radius 3 is 2.32 bits per heavy atom. The van der Waals surface area contributed by atoms with Crippen LogP contribution in [0.2, 0.25) is 0 Å². The molecule has 5 heteroatoms. The van der Waals surface area contributed by atoms with Crippen molar-refractivity contribution >= 4 is 10.0 Å². The van der Waals surface area contributed by atoms with E-state index in [-0.39, 0.29) is 5.41 Å². The molecule has 4 nitrogen and oxygen atoms in total. The highest BCUT2D eigenvalue weighted by atomic mass is 32.2. The first kappa shape index (κ1) is 14.5. The number of piperidine rings is 1. The molecule has 1 N–H and O–H groups in total. The predicted octanol–water partition coefficient (Wildman–Crippen LogP) is 1.20. The van der Waals surface area contributed by atoms with Crippen molar-refractivity contribution < 1.29 is 8.42 Å². The van der Waals surface area contributed by atoms with Crippen LogP contribution in [-0.2, 0) is 15.4 Å². The zero-order chi connectivity index (χ0) is 13.9. The van der Waals surface area contributed by atoms with E-state index in [1.807, 2.05) is 18.2 Å². The fourth-order valence-corrected chi connectivity index (χ4v) is 3.21. The maximum Gasteiger partial charge on any atom is 0.208 e. The Bertz CT molecular complexity index is 506. The van der Waals surface area contributed by atoms with Gasteiger partial charge < -0.3 is 4.90 Å². The SMILES string of the molecule is CN1CCC(CNS(C)(=O)=O)(c2ccccc2)CC1. The van der Waals surface area contributed by atoms with Gasteiger partial charge in [-0.15, -0.1) is 0 Å². The van der Waals surface area contributed by atoms with Crippen molar-refractivity contribution in [2.75, 3.05) is 32.9 Å². The van der Waals surface area contributed by atoms with E-state index in [2.05, 4.69) is 28.8 Å². The van der Waals surface area contributed by atoms with Crippen LogP contribution < -0.4 is 4.72 Å². The summed E-state index contributed by atoms with van der Waals surface area (Å²) in [5.41, 5.74) is 1.16. The molecule has 0 bridgehead atoms. The molecular formula is C14H22N2O2S. The molecule has 1 aromatic carbocycles. The quantitative estimate of drug-likeness (QED) is 0.903. The molecule has 0 aliphatic carbocycles. The largest absolute Gasteiger partial charge is 0.306 e. The summed E-state index contributed by atoms with van der Waals surface area (Å²) in [7, 11) is -1.04. The van der Waals surface area contributed by atoms with Gasteiger partial charge in [-0.2, -0.15) is 0 Å². The Labute approximate surface area is 115 Å². The summed E-state index contributed by atoms with van der Waals surface area (Å²) in [6, 6.07) is 10.3. The number of hydrogen-bond donors (Lipinski definition) is 1. The van der Waals surface area contributed by atoms with Gasteiger partial charge in [-0.05, 0) is 38.5 Å². The van der Waals surface area contributed by atoms with Crippen LogP contribution in [0.3, 0.4) is 0 Å².